The van der Waals surface area contributed by atoms with E-state index in [1.165, 1.54) is 11.6 Å². The van der Waals surface area contributed by atoms with E-state index in [1.807, 2.05) is 31.2 Å². The molecule has 134 valence electrons. The first-order chi connectivity index (χ1) is 12.0. The quantitative estimate of drug-likeness (QED) is 0.605. The van der Waals surface area contributed by atoms with Crippen molar-refractivity contribution >= 4 is 21.8 Å². The summed E-state index contributed by atoms with van der Waals surface area (Å²) in [4.78, 5) is 11.8. The van der Waals surface area contributed by atoms with Crippen LogP contribution in [0.2, 0.25) is 0 Å². The maximum atomic E-state index is 13.2. The second-order valence-electron chi connectivity index (χ2n) is 5.97. The van der Waals surface area contributed by atoms with E-state index in [2.05, 4.69) is 21.2 Å². The molecule has 0 saturated carbocycles. The highest BCUT2D eigenvalue weighted by Crippen LogP contribution is 2.17. The fraction of sp³-hybridized carbons (Fsp3) is 0.350. The van der Waals surface area contributed by atoms with Gasteiger partial charge >= 0.3 is 0 Å². The number of rotatable bonds is 9. The zero-order valence-corrected chi connectivity index (χ0v) is 15.9. The Balaban J connectivity index is 1.55. The van der Waals surface area contributed by atoms with E-state index in [-0.39, 0.29) is 11.7 Å². The lowest BCUT2D eigenvalue weighted by Gasteiger charge is -2.08. The zero-order chi connectivity index (χ0) is 18.1. The zero-order valence-electron chi connectivity index (χ0n) is 14.4. The molecule has 0 atom stereocenters. The van der Waals surface area contributed by atoms with Crippen molar-refractivity contribution < 1.29 is 13.9 Å². The molecule has 0 bridgehead atoms. The first-order valence-electron chi connectivity index (χ1n) is 8.44. The summed E-state index contributed by atoms with van der Waals surface area (Å²) in [6, 6.07) is 12.8. The van der Waals surface area contributed by atoms with Crippen LogP contribution in [0.15, 0.2) is 46.9 Å². The minimum atomic E-state index is -0.277. The molecule has 2 aromatic rings. The second kappa shape index (κ2) is 10.2. The lowest BCUT2D eigenvalue weighted by Crippen LogP contribution is -2.25. The Morgan fingerprint density at radius 2 is 2.04 bits per heavy atom. The summed E-state index contributed by atoms with van der Waals surface area (Å²) in [5, 5.41) is 2.89. The van der Waals surface area contributed by atoms with E-state index < -0.39 is 0 Å². The Kier molecular flexibility index (Phi) is 7.92. The molecule has 0 unspecified atom stereocenters. The normalized spacial score (nSPS) is 10.5. The van der Waals surface area contributed by atoms with Crippen LogP contribution >= 0.6 is 15.9 Å². The number of aryl methyl sites for hydroxylation is 1. The van der Waals surface area contributed by atoms with Crippen molar-refractivity contribution in [2.24, 2.45) is 0 Å². The van der Waals surface area contributed by atoms with Gasteiger partial charge in [0.15, 0.2) is 0 Å². The molecule has 0 saturated heterocycles. The van der Waals surface area contributed by atoms with E-state index in [4.69, 9.17) is 4.74 Å². The molecule has 0 aliphatic rings. The predicted octanol–water partition coefficient (Wildman–Crippen LogP) is 4.80. The summed E-state index contributed by atoms with van der Waals surface area (Å²) in [6.07, 6.45) is 2.80. The van der Waals surface area contributed by atoms with Crippen molar-refractivity contribution in [1.82, 2.24) is 5.32 Å². The molecule has 0 fully saturated rings. The first-order valence-corrected chi connectivity index (χ1v) is 9.24. The molecule has 2 aromatic carbocycles. The van der Waals surface area contributed by atoms with Crippen molar-refractivity contribution in [3.05, 3.63) is 63.9 Å². The van der Waals surface area contributed by atoms with Crippen molar-refractivity contribution in [3.8, 4) is 5.75 Å². The monoisotopic (exact) mass is 407 g/mol. The molecule has 1 amide bonds. The Morgan fingerprint density at radius 3 is 2.80 bits per heavy atom. The average Bonchev–Trinajstić information content (AvgIpc) is 2.58. The SMILES string of the molecule is Cc1cccc(OCCCCC(=O)NCCc2ccc(F)c(Br)c2)c1. The molecule has 25 heavy (non-hydrogen) atoms. The fourth-order valence-corrected chi connectivity index (χ4v) is 2.84. The number of amides is 1. The van der Waals surface area contributed by atoms with Gasteiger partial charge in [-0.1, -0.05) is 18.2 Å². The summed E-state index contributed by atoms with van der Waals surface area (Å²) < 4.78 is 19.3. The van der Waals surface area contributed by atoms with Crippen molar-refractivity contribution in [1.29, 1.82) is 0 Å². The van der Waals surface area contributed by atoms with Gasteiger partial charge in [0.1, 0.15) is 11.6 Å². The Labute approximate surface area is 156 Å². The average molecular weight is 408 g/mol. The van der Waals surface area contributed by atoms with Gasteiger partial charge in [-0.25, -0.2) is 4.39 Å². The molecule has 1 N–H and O–H groups in total. The standard InChI is InChI=1S/C20H23BrFNO2/c1-15-5-4-6-17(13-15)25-12-3-2-7-20(24)23-11-10-16-8-9-19(22)18(21)14-16/h4-6,8-9,13-14H,2-3,7,10-12H2,1H3,(H,23,24). The molecule has 0 aliphatic heterocycles. The fourth-order valence-electron chi connectivity index (χ4n) is 2.41. The van der Waals surface area contributed by atoms with Crippen LogP contribution in [0.1, 0.15) is 30.4 Å². The van der Waals surface area contributed by atoms with Gasteiger partial charge in [0.05, 0.1) is 11.1 Å². The van der Waals surface area contributed by atoms with Crippen LogP contribution in [0.3, 0.4) is 0 Å². The topological polar surface area (TPSA) is 38.3 Å². The van der Waals surface area contributed by atoms with Gasteiger partial charge < -0.3 is 10.1 Å². The van der Waals surface area contributed by atoms with Crippen LogP contribution in [0.5, 0.6) is 5.75 Å². The van der Waals surface area contributed by atoms with Gasteiger partial charge in [-0.3, -0.25) is 4.79 Å². The largest absolute Gasteiger partial charge is 0.494 e. The van der Waals surface area contributed by atoms with Crippen LogP contribution < -0.4 is 10.1 Å². The molecule has 0 heterocycles. The Hall–Kier alpha value is -1.88. The van der Waals surface area contributed by atoms with E-state index in [0.717, 1.165) is 24.2 Å². The molecule has 0 aromatic heterocycles. The van der Waals surface area contributed by atoms with E-state index in [0.29, 0.717) is 30.5 Å². The van der Waals surface area contributed by atoms with Gasteiger partial charge in [-0.15, -0.1) is 0 Å². The highest BCUT2D eigenvalue weighted by Gasteiger charge is 2.03. The minimum Gasteiger partial charge on any atom is -0.494 e. The van der Waals surface area contributed by atoms with E-state index >= 15 is 0 Å². The van der Waals surface area contributed by atoms with Crippen molar-refractivity contribution in [2.75, 3.05) is 13.2 Å². The molecule has 0 aliphatic carbocycles. The number of carbonyl (C=O) groups is 1. The molecule has 0 radical (unpaired) electrons. The Bertz CT molecular complexity index is 706. The predicted molar refractivity (Wildman–Crippen MR) is 101 cm³/mol. The summed E-state index contributed by atoms with van der Waals surface area (Å²) in [5.41, 5.74) is 2.16. The van der Waals surface area contributed by atoms with Gasteiger partial charge in [-0.2, -0.15) is 0 Å². The van der Waals surface area contributed by atoms with Crippen molar-refractivity contribution in [2.45, 2.75) is 32.6 Å². The number of nitrogens with one attached hydrogen (secondary N) is 1. The van der Waals surface area contributed by atoms with Crippen molar-refractivity contribution in [3.63, 3.8) is 0 Å². The van der Waals surface area contributed by atoms with Crippen LogP contribution in [0.4, 0.5) is 4.39 Å². The number of unbranched alkanes of at least 4 members (excludes halogenated alkanes) is 1. The third-order valence-corrected chi connectivity index (χ3v) is 4.38. The minimum absolute atomic E-state index is 0.0386. The third-order valence-electron chi connectivity index (χ3n) is 3.78. The van der Waals surface area contributed by atoms with Crippen LogP contribution in [0, 0.1) is 12.7 Å². The number of halogens is 2. The maximum Gasteiger partial charge on any atom is 0.220 e. The number of ether oxygens (including phenoxy) is 1. The highest BCUT2D eigenvalue weighted by atomic mass is 79.9. The molecular weight excluding hydrogens is 385 g/mol. The highest BCUT2D eigenvalue weighted by molar-refractivity contribution is 9.10. The van der Waals surface area contributed by atoms with E-state index in [9.17, 15) is 9.18 Å². The lowest BCUT2D eigenvalue weighted by atomic mass is 10.1. The molecule has 5 heteroatoms. The second-order valence-corrected chi connectivity index (χ2v) is 6.82. The number of benzene rings is 2. The molecular formula is C20H23BrFNO2. The lowest BCUT2D eigenvalue weighted by molar-refractivity contribution is -0.121. The van der Waals surface area contributed by atoms with Gasteiger partial charge in [0, 0.05) is 13.0 Å². The molecule has 2 rings (SSSR count). The summed E-state index contributed by atoms with van der Waals surface area (Å²) in [6.45, 7) is 3.19. The van der Waals surface area contributed by atoms with Crippen LogP contribution in [-0.2, 0) is 11.2 Å². The van der Waals surface area contributed by atoms with E-state index in [1.54, 1.807) is 12.1 Å². The Morgan fingerprint density at radius 1 is 1.20 bits per heavy atom. The van der Waals surface area contributed by atoms with Gasteiger partial charge in [-0.05, 0) is 77.5 Å². The number of hydrogen-bond acceptors (Lipinski definition) is 2. The number of hydrogen-bond donors (Lipinski definition) is 1. The smallest absolute Gasteiger partial charge is 0.220 e. The van der Waals surface area contributed by atoms with Crippen LogP contribution in [-0.4, -0.2) is 19.1 Å². The van der Waals surface area contributed by atoms with Gasteiger partial charge in [0.2, 0.25) is 5.91 Å². The summed E-state index contributed by atoms with van der Waals surface area (Å²) in [5.74, 6) is 0.632. The third kappa shape index (κ3) is 7.26. The molecule has 0 spiro atoms. The van der Waals surface area contributed by atoms with Crippen LogP contribution in [0.25, 0.3) is 0 Å². The summed E-state index contributed by atoms with van der Waals surface area (Å²) in [7, 11) is 0. The maximum absolute atomic E-state index is 13.2. The first kappa shape index (κ1) is 19.4. The molecule has 3 nitrogen and oxygen atoms in total. The number of carbonyl (C=O) groups excluding carboxylic acids is 1. The summed E-state index contributed by atoms with van der Waals surface area (Å²) >= 11 is 3.16. The van der Waals surface area contributed by atoms with Gasteiger partial charge in [0.25, 0.3) is 0 Å².